The molecule has 3 fully saturated rings. The Morgan fingerprint density at radius 3 is 3.09 bits per heavy atom. The van der Waals surface area contributed by atoms with Crippen molar-refractivity contribution in [2.75, 3.05) is 26.2 Å². The van der Waals surface area contributed by atoms with E-state index in [-0.39, 0.29) is 18.1 Å². The summed E-state index contributed by atoms with van der Waals surface area (Å²) in [4.78, 5) is 20.5. The van der Waals surface area contributed by atoms with E-state index in [2.05, 4.69) is 21.7 Å². The molecule has 0 N–H and O–H groups in total. The number of hydroxylamine groups is 2. The van der Waals surface area contributed by atoms with Crippen LogP contribution in [0, 0.1) is 5.92 Å². The molecule has 0 spiro atoms. The smallest absolute Gasteiger partial charge is 0.275 e. The summed E-state index contributed by atoms with van der Waals surface area (Å²) in [6.07, 6.45) is 3.94. The molecule has 0 unspecified atom stereocenters. The van der Waals surface area contributed by atoms with Crippen molar-refractivity contribution < 1.29 is 14.4 Å². The molecule has 0 aromatic carbocycles. The van der Waals surface area contributed by atoms with Gasteiger partial charge in [-0.3, -0.25) is 14.5 Å². The highest BCUT2D eigenvalue weighted by Crippen LogP contribution is 2.34. The highest BCUT2D eigenvalue weighted by atomic mass is 32.1. The van der Waals surface area contributed by atoms with E-state index in [0.717, 1.165) is 45.3 Å². The fourth-order valence-electron chi connectivity index (χ4n) is 3.87. The third-order valence-corrected chi connectivity index (χ3v) is 5.88. The molecule has 4 rings (SSSR count). The second-order valence-corrected chi connectivity index (χ2v) is 7.58. The Morgan fingerprint density at radius 1 is 1.35 bits per heavy atom. The van der Waals surface area contributed by atoms with Gasteiger partial charge < -0.3 is 4.74 Å². The van der Waals surface area contributed by atoms with E-state index >= 15 is 0 Å². The first kappa shape index (κ1) is 15.6. The molecule has 1 aromatic rings. The molecular weight excluding hydrogens is 312 g/mol. The van der Waals surface area contributed by atoms with Crippen LogP contribution in [0.5, 0.6) is 0 Å². The van der Waals surface area contributed by atoms with Crippen molar-refractivity contribution in [3.8, 4) is 0 Å². The molecule has 126 valence electrons. The van der Waals surface area contributed by atoms with Crippen LogP contribution in [0.25, 0.3) is 0 Å². The number of piperidine rings is 1. The molecule has 6 heteroatoms. The van der Waals surface area contributed by atoms with Crippen molar-refractivity contribution in [1.82, 2.24) is 9.96 Å². The SMILES string of the molecule is O=C([C@@H]1C[C@H]2CCN(Cc3ccsc3)C[C@@H]2O1)N1CCCCO1. The van der Waals surface area contributed by atoms with Crippen molar-refractivity contribution in [3.05, 3.63) is 22.4 Å². The molecule has 3 aliphatic rings. The van der Waals surface area contributed by atoms with E-state index in [1.54, 1.807) is 11.3 Å². The molecule has 3 atom stereocenters. The molecule has 0 saturated carbocycles. The van der Waals surface area contributed by atoms with Gasteiger partial charge in [-0.2, -0.15) is 11.3 Å². The van der Waals surface area contributed by atoms with Gasteiger partial charge in [0.15, 0.2) is 0 Å². The van der Waals surface area contributed by atoms with Gasteiger partial charge in [0, 0.05) is 19.6 Å². The molecule has 1 aromatic heterocycles. The van der Waals surface area contributed by atoms with Crippen LogP contribution in [0.2, 0.25) is 0 Å². The summed E-state index contributed by atoms with van der Waals surface area (Å²) in [5.74, 6) is 0.552. The normalized spacial score (nSPS) is 32.0. The number of fused-ring (bicyclic) bond motifs is 1. The summed E-state index contributed by atoms with van der Waals surface area (Å²) in [5, 5.41) is 5.87. The highest BCUT2D eigenvalue weighted by molar-refractivity contribution is 7.07. The molecule has 0 aliphatic carbocycles. The highest BCUT2D eigenvalue weighted by Gasteiger charge is 2.43. The van der Waals surface area contributed by atoms with E-state index in [0.29, 0.717) is 19.1 Å². The van der Waals surface area contributed by atoms with E-state index in [1.807, 2.05) is 0 Å². The summed E-state index contributed by atoms with van der Waals surface area (Å²) in [6, 6.07) is 2.19. The first-order valence-electron chi connectivity index (χ1n) is 8.63. The molecule has 1 amide bonds. The van der Waals surface area contributed by atoms with Crippen LogP contribution >= 0.6 is 11.3 Å². The summed E-state index contributed by atoms with van der Waals surface area (Å²) in [6.45, 7) is 4.38. The maximum Gasteiger partial charge on any atom is 0.275 e. The van der Waals surface area contributed by atoms with Crippen molar-refractivity contribution in [3.63, 3.8) is 0 Å². The van der Waals surface area contributed by atoms with Gasteiger partial charge in [0.2, 0.25) is 0 Å². The lowest BCUT2D eigenvalue weighted by molar-refractivity contribution is -0.206. The summed E-state index contributed by atoms with van der Waals surface area (Å²) in [7, 11) is 0. The van der Waals surface area contributed by atoms with Crippen LogP contribution in [0.1, 0.15) is 31.2 Å². The minimum Gasteiger partial charge on any atom is -0.363 e. The lowest BCUT2D eigenvalue weighted by atomic mass is 9.91. The van der Waals surface area contributed by atoms with Gasteiger partial charge in [0.1, 0.15) is 6.10 Å². The van der Waals surface area contributed by atoms with Crippen molar-refractivity contribution in [2.24, 2.45) is 5.92 Å². The Morgan fingerprint density at radius 2 is 2.30 bits per heavy atom. The Hall–Kier alpha value is -0.950. The standard InChI is InChI=1S/C17H24N2O3S/c20-17(19-5-1-2-7-21-19)15-9-14-3-6-18(11-16(14)22-15)10-13-4-8-23-12-13/h4,8,12,14-16H,1-3,5-7,9-11H2/t14-,15+,16+/m1/s1. The quantitative estimate of drug-likeness (QED) is 0.849. The fourth-order valence-corrected chi connectivity index (χ4v) is 4.53. The maximum atomic E-state index is 12.5. The minimum atomic E-state index is -0.302. The first-order valence-corrected chi connectivity index (χ1v) is 9.57. The fraction of sp³-hybridized carbons (Fsp3) is 0.706. The number of thiophene rings is 1. The molecule has 23 heavy (non-hydrogen) atoms. The van der Waals surface area contributed by atoms with Crippen LogP contribution in [-0.4, -0.2) is 54.3 Å². The number of hydrogen-bond acceptors (Lipinski definition) is 5. The number of rotatable bonds is 3. The maximum absolute atomic E-state index is 12.5. The predicted octanol–water partition coefficient (Wildman–Crippen LogP) is 2.28. The second kappa shape index (κ2) is 6.89. The number of hydrogen-bond donors (Lipinski definition) is 0. The zero-order valence-electron chi connectivity index (χ0n) is 13.4. The van der Waals surface area contributed by atoms with Crippen molar-refractivity contribution >= 4 is 17.2 Å². The van der Waals surface area contributed by atoms with Gasteiger partial charge in [-0.15, -0.1) is 0 Å². The Bertz CT molecular complexity index is 530. The van der Waals surface area contributed by atoms with Gasteiger partial charge in [-0.25, -0.2) is 5.06 Å². The molecular formula is C17H24N2O3S. The first-order chi connectivity index (χ1) is 11.3. The monoisotopic (exact) mass is 336 g/mol. The van der Waals surface area contributed by atoms with Gasteiger partial charge >= 0.3 is 0 Å². The summed E-state index contributed by atoms with van der Waals surface area (Å²) < 4.78 is 6.12. The van der Waals surface area contributed by atoms with Crippen LogP contribution < -0.4 is 0 Å². The Balaban J connectivity index is 1.33. The number of ether oxygens (including phenoxy) is 1. The lowest BCUT2D eigenvalue weighted by Crippen LogP contribution is -2.43. The molecule has 0 bridgehead atoms. The third kappa shape index (κ3) is 3.45. The van der Waals surface area contributed by atoms with Gasteiger partial charge in [0.05, 0.1) is 12.7 Å². The van der Waals surface area contributed by atoms with Gasteiger partial charge in [-0.05, 0) is 60.5 Å². The lowest BCUT2D eigenvalue weighted by Gasteiger charge is -2.33. The van der Waals surface area contributed by atoms with E-state index in [9.17, 15) is 4.79 Å². The van der Waals surface area contributed by atoms with Crippen LogP contribution in [0.3, 0.4) is 0 Å². The zero-order chi connectivity index (χ0) is 15.6. The number of carbonyl (C=O) groups is 1. The van der Waals surface area contributed by atoms with Crippen molar-refractivity contribution in [2.45, 2.75) is 44.4 Å². The van der Waals surface area contributed by atoms with Crippen LogP contribution in [-0.2, 0) is 20.9 Å². The summed E-state index contributed by atoms with van der Waals surface area (Å²) >= 11 is 1.75. The number of amides is 1. The predicted molar refractivity (Wildman–Crippen MR) is 87.9 cm³/mol. The number of nitrogens with zero attached hydrogens (tertiary/aromatic N) is 2. The largest absolute Gasteiger partial charge is 0.363 e. The van der Waals surface area contributed by atoms with E-state index < -0.39 is 0 Å². The van der Waals surface area contributed by atoms with Gasteiger partial charge in [-0.1, -0.05) is 0 Å². The average Bonchev–Trinajstić information content (AvgIpc) is 3.24. The van der Waals surface area contributed by atoms with Crippen molar-refractivity contribution in [1.29, 1.82) is 0 Å². The zero-order valence-corrected chi connectivity index (χ0v) is 14.2. The number of likely N-dealkylation sites (tertiary alicyclic amines) is 1. The average molecular weight is 336 g/mol. The molecule has 0 radical (unpaired) electrons. The topological polar surface area (TPSA) is 42.0 Å². The molecule has 4 heterocycles. The van der Waals surface area contributed by atoms with E-state index in [1.165, 1.54) is 10.6 Å². The second-order valence-electron chi connectivity index (χ2n) is 6.80. The Labute approximate surface area is 141 Å². The van der Waals surface area contributed by atoms with E-state index in [4.69, 9.17) is 9.57 Å². The van der Waals surface area contributed by atoms with Gasteiger partial charge in [0.25, 0.3) is 5.91 Å². The van der Waals surface area contributed by atoms with Crippen LogP contribution in [0.4, 0.5) is 0 Å². The molecule has 3 saturated heterocycles. The summed E-state index contributed by atoms with van der Waals surface area (Å²) in [5.41, 5.74) is 1.38. The number of carbonyl (C=O) groups excluding carboxylic acids is 1. The Kier molecular flexibility index (Phi) is 4.66. The molecule has 3 aliphatic heterocycles. The minimum absolute atomic E-state index is 0.0310. The van der Waals surface area contributed by atoms with Crippen LogP contribution in [0.15, 0.2) is 16.8 Å². The third-order valence-electron chi connectivity index (χ3n) is 5.15. The molecule has 5 nitrogen and oxygen atoms in total.